The summed E-state index contributed by atoms with van der Waals surface area (Å²) < 4.78 is 11.0. The molecule has 0 aromatic heterocycles. The molecule has 4 nitrogen and oxygen atoms in total. The summed E-state index contributed by atoms with van der Waals surface area (Å²) in [6.07, 6.45) is 1.21. The van der Waals surface area contributed by atoms with Gasteiger partial charge in [-0.3, -0.25) is 9.59 Å². The van der Waals surface area contributed by atoms with E-state index in [0.717, 1.165) is 0 Å². The number of rotatable bonds is 9. The van der Waals surface area contributed by atoms with Gasteiger partial charge in [-0.15, -0.1) is 0 Å². The van der Waals surface area contributed by atoms with Gasteiger partial charge in [-0.05, 0) is 40.5 Å². The molecule has 0 radical (unpaired) electrons. The van der Waals surface area contributed by atoms with Gasteiger partial charge in [0.25, 0.3) is 0 Å². The van der Waals surface area contributed by atoms with Crippen molar-refractivity contribution in [2.24, 2.45) is 11.8 Å². The molecule has 0 aromatic carbocycles. The van der Waals surface area contributed by atoms with E-state index in [4.69, 9.17) is 9.47 Å². The number of carbonyl (C=O) groups is 2. The van der Waals surface area contributed by atoms with Gasteiger partial charge in [0.2, 0.25) is 0 Å². The van der Waals surface area contributed by atoms with E-state index >= 15 is 0 Å². The van der Waals surface area contributed by atoms with Crippen molar-refractivity contribution in [1.82, 2.24) is 0 Å². The van der Waals surface area contributed by atoms with E-state index in [2.05, 4.69) is 25.3 Å². The van der Waals surface area contributed by atoms with Gasteiger partial charge in [-0.1, -0.05) is 13.8 Å². The van der Waals surface area contributed by atoms with Crippen molar-refractivity contribution in [2.75, 3.05) is 11.5 Å². The summed E-state index contributed by atoms with van der Waals surface area (Å²) in [6.45, 7) is 11.0. The molecule has 0 amide bonds. The lowest BCUT2D eigenvalue weighted by molar-refractivity contribution is -0.167. The summed E-state index contributed by atoms with van der Waals surface area (Å²) in [6, 6.07) is 0. The zero-order valence-electron chi connectivity index (χ0n) is 14.5. The molecule has 6 heteroatoms. The highest BCUT2D eigenvalue weighted by Crippen LogP contribution is 2.26. The first kappa shape index (κ1) is 21.6. The molecule has 0 bridgehead atoms. The van der Waals surface area contributed by atoms with Gasteiger partial charge in [-0.2, -0.15) is 25.3 Å². The molecule has 0 aliphatic heterocycles. The van der Waals surface area contributed by atoms with Crippen LogP contribution in [0.15, 0.2) is 0 Å². The summed E-state index contributed by atoms with van der Waals surface area (Å²) in [7, 11) is 0. The van der Waals surface area contributed by atoms with E-state index in [9.17, 15) is 9.59 Å². The molecule has 0 saturated carbocycles. The highest BCUT2D eigenvalue weighted by atomic mass is 32.1. The van der Waals surface area contributed by atoms with Crippen LogP contribution in [-0.4, -0.2) is 34.6 Å². The highest BCUT2D eigenvalue weighted by Gasteiger charge is 2.31. The third-order valence-corrected chi connectivity index (χ3v) is 4.53. The minimum atomic E-state index is -0.604. The van der Waals surface area contributed by atoms with Gasteiger partial charge in [-0.25, -0.2) is 0 Å². The maximum atomic E-state index is 11.9. The second-order valence-electron chi connectivity index (χ2n) is 7.03. The zero-order valence-corrected chi connectivity index (χ0v) is 16.3. The third kappa shape index (κ3) is 8.32. The van der Waals surface area contributed by atoms with Crippen molar-refractivity contribution in [3.05, 3.63) is 0 Å². The molecular weight excluding hydrogens is 320 g/mol. The first-order valence-corrected chi connectivity index (χ1v) is 8.88. The number of ether oxygens (including phenoxy) is 2. The Labute approximate surface area is 145 Å². The predicted octanol–water partition coefficient (Wildman–Crippen LogP) is 3.54. The minimum absolute atomic E-state index is 0.232. The number of thiol groups is 2. The summed E-state index contributed by atoms with van der Waals surface area (Å²) >= 11 is 8.21. The van der Waals surface area contributed by atoms with Crippen LogP contribution in [0.5, 0.6) is 0 Å². The van der Waals surface area contributed by atoms with Gasteiger partial charge < -0.3 is 9.47 Å². The van der Waals surface area contributed by atoms with Gasteiger partial charge in [0.1, 0.15) is 11.2 Å². The molecule has 0 saturated heterocycles. The van der Waals surface area contributed by atoms with E-state index in [1.54, 1.807) is 13.8 Å². The largest absolute Gasteiger partial charge is 0.459 e. The SMILES string of the molecule is CC(CS)C(=O)OC(C)(C)CCC(C)(C)OC(=O)C(C)CS. The molecule has 2 unspecified atom stereocenters. The Morgan fingerprint density at radius 2 is 1.09 bits per heavy atom. The molecule has 2 atom stereocenters. The Kier molecular flexibility index (Phi) is 8.91. The van der Waals surface area contributed by atoms with Crippen molar-refractivity contribution in [3.8, 4) is 0 Å². The third-order valence-electron chi connectivity index (χ3n) is 3.44. The first-order valence-electron chi connectivity index (χ1n) is 7.61. The molecule has 0 aliphatic carbocycles. The van der Waals surface area contributed by atoms with Crippen LogP contribution in [-0.2, 0) is 19.1 Å². The van der Waals surface area contributed by atoms with E-state index in [0.29, 0.717) is 24.3 Å². The maximum absolute atomic E-state index is 11.9. The van der Waals surface area contributed by atoms with Crippen molar-refractivity contribution in [1.29, 1.82) is 0 Å². The molecule has 0 aromatic rings. The quantitative estimate of drug-likeness (QED) is 0.493. The standard InChI is InChI=1S/C16H30O4S2/c1-11(9-21)13(17)19-15(3,4)7-8-16(5,6)20-14(18)12(2)10-22/h11-12,21-22H,7-10H2,1-6H3. The lowest BCUT2D eigenvalue weighted by Crippen LogP contribution is -2.36. The van der Waals surface area contributed by atoms with Crippen LogP contribution in [0.2, 0.25) is 0 Å². The molecule has 130 valence electrons. The summed E-state index contributed by atoms with van der Waals surface area (Å²) in [5.41, 5.74) is -1.21. The van der Waals surface area contributed by atoms with Gasteiger partial charge in [0.15, 0.2) is 0 Å². The number of esters is 2. The molecule has 0 N–H and O–H groups in total. The van der Waals surface area contributed by atoms with E-state index in [-0.39, 0.29) is 23.8 Å². The molecule has 0 fully saturated rings. The van der Waals surface area contributed by atoms with Crippen molar-refractivity contribution >= 4 is 37.2 Å². The normalized spacial score (nSPS) is 15.1. The lowest BCUT2D eigenvalue weighted by Gasteiger charge is -2.32. The van der Waals surface area contributed by atoms with E-state index < -0.39 is 11.2 Å². The summed E-state index contributed by atoms with van der Waals surface area (Å²) in [5, 5.41) is 0. The molecule has 0 heterocycles. The van der Waals surface area contributed by atoms with Gasteiger partial charge >= 0.3 is 11.9 Å². The monoisotopic (exact) mass is 350 g/mol. The molecule has 0 spiro atoms. The number of carbonyl (C=O) groups excluding carboxylic acids is 2. The zero-order chi connectivity index (χ0) is 17.6. The Bertz CT molecular complexity index is 344. The van der Waals surface area contributed by atoms with Crippen LogP contribution < -0.4 is 0 Å². The average molecular weight is 351 g/mol. The van der Waals surface area contributed by atoms with Gasteiger partial charge in [0, 0.05) is 11.5 Å². The Balaban J connectivity index is 4.50. The van der Waals surface area contributed by atoms with Crippen LogP contribution in [0.1, 0.15) is 54.4 Å². The fourth-order valence-electron chi connectivity index (χ4n) is 1.60. The van der Waals surface area contributed by atoms with Crippen LogP contribution in [0.4, 0.5) is 0 Å². The molecule has 0 aliphatic rings. The second kappa shape index (κ2) is 9.06. The Morgan fingerprint density at radius 1 is 0.818 bits per heavy atom. The average Bonchev–Trinajstić information content (AvgIpc) is 2.42. The predicted molar refractivity (Wildman–Crippen MR) is 95.6 cm³/mol. The number of hydrogen-bond acceptors (Lipinski definition) is 6. The molecule has 0 rings (SSSR count). The molecule has 22 heavy (non-hydrogen) atoms. The Morgan fingerprint density at radius 3 is 1.32 bits per heavy atom. The van der Waals surface area contributed by atoms with Crippen LogP contribution in [0, 0.1) is 11.8 Å². The fourth-order valence-corrected chi connectivity index (χ4v) is 1.90. The summed E-state index contributed by atoms with van der Waals surface area (Å²) in [5.74, 6) is -0.0504. The van der Waals surface area contributed by atoms with Crippen LogP contribution >= 0.6 is 25.3 Å². The van der Waals surface area contributed by atoms with Crippen LogP contribution in [0.3, 0.4) is 0 Å². The topological polar surface area (TPSA) is 52.6 Å². The maximum Gasteiger partial charge on any atom is 0.310 e. The van der Waals surface area contributed by atoms with E-state index in [1.165, 1.54) is 0 Å². The summed E-state index contributed by atoms with van der Waals surface area (Å²) in [4.78, 5) is 23.7. The molecular formula is C16H30O4S2. The fraction of sp³-hybridized carbons (Fsp3) is 0.875. The minimum Gasteiger partial charge on any atom is -0.459 e. The smallest absolute Gasteiger partial charge is 0.310 e. The van der Waals surface area contributed by atoms with Crippen LogP contribution in [0.25, 0.3) is 0 Å². The lowest BCUT2D eigenvalue weighted by atomic mass is 9.93. The van der Waals surface area contributed by atoms with Crippen molar-refractivity contribution in [2.45, 2.75) is 65.6 Å². The Hall–Kier alpha value is -0.360. The number of hydrogen-bond donors (Lipinski definition) is 2. The van der Waals surface area contributed by atoms with Crippen molar-refractivity contribution < 1.29 is 19.1 Å². The van der Waals surface area contributed by atoms with E-state index in [1.807, 2.05) is 27.7 Å². The second-order valence-corrected chi connectivity index (χ2v) is 7.76. The van der Waals surface area contributed by atoms with Crippen molar-refractivity contribution in [3.63, 3.8) is 0 Å². The first-order chi connectivity index (χ1) is 9.94. The highest BCUT2D eigenvalue weighted by molar-refractivity contribution is 7.80. The van der Waals surface area contributed by atoms with Gasteiger partial charge in [0.05, 0.1) is 11.8 Å².